The third-order valence-electron chi connectivity index (χ3n) is 7.59. The second-order valence-electron chi connectivity index (χ2n) is 10.8. The number of hydrogen-bond acceptors (Lipinski definition) is 4. The highest BCUT2D eigenvalue weighted by atomic mass is 16.5. The number of fused-ring (bicyclic) bond motifs is 1. The predicted octanol–water partition coefficient (Wildman–Crippen LogP) is 7.69. The fourth-order valence-corrected chi connectivity index (χ4v) is 5.38. The maximum atomic E-state index is 14.1. The summed E-state index contributed by atoms with van der Waals surface area (Å²) in [5.74, 6) is 0.283. The van der Waals surface area contributed by atoms with Gasteiger partial charge in [-0.1, -0.05) is 90.0 Å². The van der Waals surface area contributed by atoms with Crippen molar-refractivity contribution in [3.63, 3.8) is 0 Å². The molecule has 6 nitrogen and oxygen atoms in total. The second kappa shape index (κ2) is 12.2. The summed E-state index contributed by atoms with van der Waals surface area (Å²) in [5, 5.41) is 2.86. The summed E-state index contributed by atoms with van der Waals surface area (Å²) in [6.07, 6.45) is -0.413. The van der Waals surface area contributed by atoms with E-state index in [-0.39, 0.29) is 18.4 Å². The van der Waals surface area contributed by atoms with E-state index in [0.29, 0.717) is 17.9 Å². The Balaban J connectivity index is 1.31. The van der Waals surface area contributed by atoms with Crippen molar-refractivity contribution in [3.8, 4) is 5.75 Å². The molecule has 5 aromatic rings. The van der Waals surface area contributed by atoms with Gasteiger partial charge < -0.3 is 15.0 Å². The van der Waals surface area contributed by atoms with E-state index in [9.17, 15) is 9.59 Å². The van der Waals surface area contributed by atoms with Crippen molar-refractivity contribution in [1.82, 2.24) is 0 Å². The summed E-state index contributed by atoms with van der Waals surface area (Å²) in [5.41, 5.74) is 7.41. The summed E-state index contributed by atoms with van der Waals surface area (Å²) in [6, 6.07) is 41.4. The molecule has 0 unspecified atom stereocenters. The number of nitrogens with zero attached hydrogens (tertiary/aromatic N) is 2. The molecular weight excluding hydrogens is 534 g/mol. The number of para-hydroxylation sites is 1. The molecule has 0 spiro atoms. The van der Waals surface area contributed by atoms with Gasteiger partial charge in [0.2, 0.25) is 0 Å². The zero-order valence-electron chi connectivity index (χ0n) is 24.2. The van der Waals surface area contributed by atoms with Crippen molar-refractivity contribution >= 4 is 28.9 Å². The molecule has 1 aliphatic heterocycles. The third kappa shape index (κ3) is 6.14. The molecule has 0 saturated heterocycles. The third-order valence-corrected chi connectivity index (χ3v) is 7.59. The van der Waals surface area contributed by atoms with Crippen molar-refractivity contribution < 1.29 is 14.3 Å². The Labute approximate surface area is 252 Å². The minimum Gasteiger partial charge on any atom is -0.484 e. The molecule has 0 radical (unpaired) electrons. The standard InChI is InChI=1S/C37H33N3O3/c1-26-12-18-30(19-13-26)38-35(41)25-43-32-22-16-29(17-23-32)36-39(24-28-8-4-3-5-9-28)34-11-7-6-10-33(34)37(42)40(36)31-20-14-27(2)15-21-31/h3-23,36H,24-25H2,1-2H3,(H,38,41)/t36-/m0/s1. The molecule has 214 valence electrons. The minimum absolute atomic E-state index is 0.0538. The number of amides is 2. The molecule has 0 aliphatic carbocycles. The van der Waals surface area contributed by atoms with E-state index < -0.39 is 6.17 Å². The fourth-order valence-electron chi connectivity index (χ4n) is 5.38. The summed E-state index contributed by atoms with van der Waals surface area (Å²) < 4.78 is 5.82. The Kier molecular flexibility index (Phi) is 7.92. The van der Waals surface area contributed by atoms with Gasteiger partial charge in [-0.15, -0.1) is 0 Å². The lowest BCUT2D eigenvalue weighted by Gasteiger charge is -2.46. The Morgan fingerprint density at radius 1 is 0.744 bits per heavy atom. The van der Waals surface area contributed by atoms with Gasteiger partial charge >= 0.3 is 0 Å². The smallest absolute Gasteiger partial charge is 0.262 e. The topological polar surface area (TPSA) is 61.9 Å². The van der Waals surface area contributed by atoms with Crippen LogP contribution in [0.1, 0.15) is 38.8 Å². The van der Waals surface area contributed by atoms with E-state index in [1.165, 1.54) is 0 Å². The van der Waals surface area contributed by atoms with Gasteiger partial charge in [-0.3, -0.25) is 14.5 Å². The highest BCUT2D eigenvalue weighted by Gasteiger charge is 2.39. The van der Waals surface area contributed by atoms with Crippen LogP contribution in [0.3, 0.4) is 0 Å². The zero-order valence-corrected chi connectivity index (χ0v) is 24.2. The van der Waals surface area contributed by atoms with Gasteiger partial charge in [0.05, 0.1) is 11.3 Å². The molecule has 1 aliphatic rings. The summed E-state index contributed by atoms with van der Waals surface area (Å²) >= 11 is 0. The van der Waals surface area contributed by atoms with Crippen molar-refractivity contribution in [2.24, 2.45) is 0 Å². The maximum Gasteiger partial charge on any atom is 0.262 e. The largest absolute Gasteiger partial charge is 0.484 e. The Hall–Kier alpha value is -5.36. The molecule has 1 atom stereocenters. The Morgan fingerprint density at radius 3 is 2.07 bits per heavy atom. The summed E-state index contributed by atoms with van der Waals surface area (Å²) in [6.45, 7) is 4.53. The normalized spacial score (nSPS) is 14.3. The Morgan fingerprint density at radius 2 is 1.37 bits per heavy atom. The number of hydrogen-bond donors (Lipinski definition) is 1. The molecule has 0 saturated carbocycles. The first-order valence-electron chi connectivity index (χ1n) is 14.4. The monoisotopic (exact) mass is 567 g/mol. The van der Waals surface area contributed by atoms with E-state index in [0.717, 1.165) is 39.3 Å². The van der Waals surface area contributed by atoms with Gasteiger partial charge in [0.25, 0.3) is 11.8 Å². The van der Waals surface area contributed by atoms with Crippen LogP contribution in [0, 0.1) is 13.8 Å². The number of carbonyl (C=O) groups is 2. The number of nitrogens with one attached hydrogen (secondary N) is 1. The van der Waals surface area contributed by atoms with E-state index in [4.69, 9.17) is 4.74 Å². The minimum atomic E-state index is -0.413. The van der Waals surface area contributed by atoms with Gasteiger partial charge in [0, 0.05) is 17.9 Å². The lowest BCUT2D eigenvalue weighted by atomic mass is 9.99. The number of carbonyl (C=O) groups excluding carboxylic acids is 2. The average molecular weight is 568 g/mol. The van der Waals surface area contributed by atoms with Crippen LogP contribution in [0.25, 0.3) is 0 Å². The molecule has 43 heavy (non-hydrogen) atoms. The molecule has 5 aromatic carbocycles. The number of anilines is 3. The van der Waals surface area contributed by atoms with Crippen molar-refractivity contribution in [3.05, 3.63) is 155 Å². The maximum absolute atomic E-state index is 14.1. The van der Waals surface area contributed by atoms with Crippen LogP contribution in [-0.4, -0.2) is 18.4 Å². The molecule has 2 amide bonds. The Bertz CT molecular complexity index is 1720. The first-order chi connectivity index (χ1) is 21.0. The van der Waals surface area contributed by atoms with Gasteiger partial charge in [0.15, 0.2) is 6.61 Å². The molecule has 6 rings (SSSR count). The van der Waals surface area contributed by atoms with Crippen molar-refractivity contribution in [2.45, 2.75) is 26.6 Å². The van der Waals surface area contributed by atoms with Crippen LogP contribution >= 0.6 is 0 Å². The van der Waals surface area contributed by atoms with Gasteiger partial charge in [0.1, 0.15) is 11.9 Å². The van der Waals surface area contributed by atoms with Crippen LogP contribution in [-0.2, 0) is 11.3 Å². The van der Waals surface area contributed by atoms with Gasteiger partial charge in [-0.25, -0.2) is 0 Å². The molecule has 0 fully saturated rings. The summed E-state index contributed by atoms with van der Waals surface area (Å²) in [4.78, 5) is 30.8. The van der Waals surface area contributed by atoms with E-state index in [2.05, 4.69) is 22.3 Å². The van der Waals surface area contributed by atoms with Crippen molar-refractivity contribution in [1.29, 1.82) is 0 Å². The first-order valence-corrected chi connectivity index (χ1v) is 14.4. The van der Waals surface area contributed by atoms with E-state index in [1.54, 1.807) is 0 Å². The highest BCUT2D eigenvalue weighted by molar-refractivity contribution is 6.12. The van der Waals surface area contributed by atoms with Crippen LogP contribution in [0.2, 0.25) is 0 Å². The molecule has 0 aromatic heterocycles. The van der Waals surface area contributed by atoms with Gasteiger partial charge in [-0.05, 0) is 73.5 Å². The van der Waals surface area contributed by atoms with Crippen LogP contribution in [0.15, 0.2) is 127 Å². The summed E-state index contributed by atoms with van der Waals surface area (Å²) in [7, 11) is 0. The molecular formula is C37H33N3O3. The predicted molar refractivity (Wildman–Crippen MR) is 172 cm³/mol. The quantitative estimate of drug-likeness (QED) is 0.209. The van der Waals surface area contributed by atoms with Crippen LogP contribution in [0.4, 0.5) is 17.1 Å². The lowest BCUT2D eigenvalue weighted by molar-refractivity contribution is -0.118. The lowest BCUT2D eigenvalue weighted by Crippen LogP contribution is -2.49. The highest BCUT2D eigenvalue weighted by Crippen LogP contribution is 2.42. The van der Waals surface area contributed by atoms with E-state index >= 15 is 0 Å². The SMILES string of the molecule is Cc1ccc(NC(=O)COc2ccc([C@H]3N(Cc4ccccc4)c4ccccc4C(=O)N3c3ccc(C)cc3)cc2)cc1. The molecule has 1 N–H and O–H groups in total. The zero-order chi connectivity index (χ0) is 29.8. The fraction of sp³-hybridized carbons (Fsp3) is 0.135. The molecule has 1 heterocycles. The van der Waals surface area contributed by atoms with Crippen LogP contribution in [0.5, 0.6) is 5.75 Å². The average Bonchev–Trinajstić information content (AvgIpc) is 3.04. The number of benzene rings is 5. The number of ether oxygens (including phenoxy) is 1. The first kappa shape index (κ1) is 27.8. The van der Waals surface area contributed by atoms with Crippen LogP contribution < -0.4 is 19.9 Å². The number of aryl methyl sites for hydroxylation is 2. The van der Waals surface area contributed by atoms with Gasteiger partial charge in [-0.2, -0.15) is 0 Å². The second-order valence-corrected chi connectivity index (χ2v) is 10.8. The van der Waals surface area contributed by atoms with E-state index in [1.807, 2.05) is 134 Å². The molecule has 0 bridgehead atoms. The molecule has 6 heteroatoms. The van der Waals surface area contributed by atoms with Crippen molar-refractivity contribution in [2.75, 3.05) is 21.7 Å². The number of rotatable bonds is 8.